The molecule has 0 amide bonds. The summed E-state index contributed by atoms with van der Waals surface area (Å²) in [6, 6.07) is 0. The molecule has 1 aliphatic rings. The van der Waals surface area contributed by atoms with Crippen LogP contribution in [0.1, 0.15) is 40.5 Å². The van der Waals surface area contributed by atoms with E-state index in [-0.39, 0.29) is 11.6 Å². The monoisotopic (exact) mass is 241 g/mol. The highest BCUT2D eigenvalue weighted by atomic mass is 16.5. The molecule has 0 saturated carbocycles. The first-order valence-electron chi connectivity index (χ1n) is 6.60. The van der Waals surface area contributed by atoms with Gasteiger partial charge in [-0.3, -0.25) is 0 Å². The van der Waals surface area contributed by atoms with Crippen molar-refractivity contribution in [3.8, 4) is 0 Å². The van der Waals surface area contributed by atoms with Crippen molar-refractivity contribution in [2.24, 2.45) is 0 Å². The molecule has 1 N–H and O–H groups in total. The molecule has 3 heteroatoms. The third-order valence-electron chi connectivity index (χ3n) is 2.81. The van der Waals surface area contributed by atoms with Gasteiger partial charge in [0.15, 0.2) is 0 Å². The Bertz CT molecular complexity index is 233. The molecule has 100 valence electrons. The summed E-state index contributed by atoms with van der Waals surface area (Å²) in [6.45, 7) is 10.9. The van der Waals surface area contributed by atoms with E-state index in [2.05, 4.69) is 26.1 Å². The SMILES string of the molecule is CC=CCOCC1CCC(CNC(C)(C)C)O1. The van der Waals surface area contributed by atoms with Crippen LogP contribution in [0.15, 0.2) is 12.2 Å². The molecule has 0 radical (unpaired) electrons. The van der Waals surface area contributed by atoms with Gasteiger partial charge in [0, 0.05) is 12.1 Å². The minimum atomic E-state index is 0.171. The lowest BCUT2D eigenvalue weighted by molar-refractivity contribution is -0.00968. The number of ether oxygens (including phenoxy) is 2. The smallest absolute Gasteiger partial charge is 0.0814 e. The van der Waals surface area contributed by atoms with Crippen molar-refractivity contribution in [1.82, 2.24) is 5.32 Å². The third kappa shape index (κ3) is 6.81. The van der Waals surface area contributed by atoms with E-state index in [9.17, 15) is 0 Å². The summed E-state index contributed by atoms with van der Waals surface area (Å²) < 4.78 is 11.4. The lowest BCUT2D eigenvalue weighted by Gasteiger charge is -2.23. The van der Waals surface area contributed by atoms with E-state index in [4.69, 9.17) is 9.47 Å². The molecule has 0 aliphatic carbocycles. The molecule has 0 aromatic heterocycles. The van der Waals surface area contributed by atoms with Crippen LogP contribution in [0, 0.1) is 0 Å². The predicted molar refractivity (Wildman–Crippen MR) is 71.3 cm³/mol. The first-order chi connectivity index (χ1) is 8.01. The van der Waals surface area contributed by atoms with E-state index in [0.717, 1.165) is 26.0 Å². The van der Waals surface area contributed by atoms with Gasteiger partial charge >= 0.3 is 0 Å². The largest absolute Gasteiger partial charge is 0.375 e. The van der Waals surface area contributed by atoms with Crippen LogP contribution in [0.3, 0.4) is 0 Å². The third-order valence-corrected chi connectivity index (χ3v) is 2.81. The van der Waals surface area contributed by atoms with Crippen molar-refractivity contribution in [3.05, 3.63) is 12.2 Å². The van der Waals surface area contributed by atoms with Crippen LogP contribution in [0.4, 0.5) is 0 Å². The Balaban J connectivity index is 2.10. The second-order valence-electron chi connectivity index (χ2n) is 5.69. The van der Waals surface area contributed by atoms with Crippen molar-refractivity contribution in [2.45, 2.75) is 58.3 Å². The van der Waals surface area contributed by atoms with Crippen molar-refractivity contribution in [1.29, 1.82) is 0 Å². The van der Waals surface area contributed by atoms with Crippen LogP contribution in [-0.2, 0) is 9.47 Å². The Hall–Kier alpha value is -0.380. The summed E-state index contributed by atoms with van der Waals surface area (Å²) >= 11 is 0. The topological polar surface area (TPSA) is 30.5 Å². The fourth-order valence-electron chi connectivity index (χ4n) is 1.84. The average molecular weight is 241 g/mol. The molecule has 0 aromatic carbocycles. The fraction of sp³-hybridized carbons (Fsp3) is 0.857. The van der Waals surface area contributed by atoms with E-state index in [1.807, 2.05) is 19.1 Å². The molecular formula is C14H27NO2. The highest BCUT2D eigenvalue weighted by Gasteiger charge is 2.26. The van der Waals surface area contributed by atoms with Crippen LogP contribution in [0.2, 0.25) is 0 Å². The van der Waals surface area contributed by atoms with Crippen LogP contribution in [0.5, 0.6) is 0 Å². The van der Waals surface area contributed by atoms with E-state index < -0.39 is 0 Å². The Morgan fingerprint density at radius 2 is 2.00 bits per heavy atom. The highest BCUT2D eigenvalue weighted by Crippen LogP contribution is 2.20. The summed E-state index contributed by atoms with van der Waals surface area (Å²) in [7, 11) is 0. The second-order valence-corrected chi connectivity index (χ2v) is 5.69. The molecular weight excluding hydrogens is 214 g/mol. The van der Waals surface area contributed by atoms with Gasteiger partial charge in [-0.2, -0.15) is 0 Å². The zero-order valence-corrected chi connectivity index (χ0v) is 11.7. The molecule has 0 spiro atoms. The second kappa shape index (κ2) is 7.14. The van der Waals surface area contributed by atoms with Crippen LogP contribution >= 0.6 is 0 Å². The molecule has 1 aliphatic heterocycles. The van der Waals surface area contributed by atoms with E-state index >= 15 is 0 Å². The van der Waals surface area contributed by atoms with Crippen molar-refractivity contribution in [2.75, 3.05) is 19.8 Å². The molecule has 1 rings (SSSR count). The summed E-state index contributed by atoms with van der Waals surface area (Å²) in [5.41, 5.74) is 0.171. The Labute approximate surface area is 106 Å². The van der Waals surface area contributed by atoms with Crippen molar-refractivity contribution >= 4 is 0 Å². The number of hydrogen-bond acceptors (Lipinski definition) is 3. The van der Waals surface area contributed by atoms with Gasteiger partial charge < -0.3 is 14.8 Å². The van der Waals surface area contributed by atoms with Crippen LogP contribution in [-0.4, -0.2) is 37.5 Å². The van der Waals surface area contributed by atoms with Gasteiger partial charge in [0.2, 0.25) is 0 Å². The Morgan fingerprint density at radius 3 is 2.65 bits per heavy atom. The van der Waals surface area contributed by atoms with Gasteiger partial charge in [0.1, 0.15) is 0 Å². The van der Waals surface area contributed by atoms with Crippen molar-refractivity contribution in [3.63, 3.8) is 0 Å². The standard InChI is InChI=1S/C14H27NO2/c1-5-6-9-16-11-13-8-7-12(17-13)10-15-14(2,3)4/h5-6,12-13,15H,7-11H2,1-4H3. The van der Waals surface area contributed by atoms with E-state index in [1.54, 1.807) is 0 Å². The van der Waals surface area contributed by atoms with Gasteiger partial charge in [0.05, 0.1) is 25.4 Å². The van der Waals surface area contributed by atoms with Crippen molar-refractivity contribution < 1.29 is 9.47 Å². The highest BCUT2D eigenvalue weighted by molar-refractivity contribution is 4.80. The number of allylic oxidation sites excluding steroid dienone is 1. The first-order valence-corrected chi connectivity index (χ1v) is 6.60. The molecule has 0 bridgehead atoms. The number of hydrogen-bond donors (Lipinski definition) is 1. The molecule has 17 heavy (non-hydrogen) atoms. The van der Waals surface area contributed by atoms with Crippen LogP contribution < -0.4 is 5.32 Å². The molecule has 1 heterocycles. The fourth-order valence-corrected chi connectivity index (χ4v) is 1.84. The molecule has 2 atom stereocenters. The van der Waals surface area contributed by atoms with Gasteiger partial charge in [-0.15, -0.1) is 0 Å². The minimum absolute atomic E-state index is 0.171. The van der Waals surface area contributed by atoms with Gasteiger partial charge in [-0.25, -0.2) is 0 Å². The minimum Gasteiger partial charge on any atom is -0.375 e. The average Bonchev–Trinajstić information content (AvgIpc) is 2.69. The maximum atomic E-state index is 5.93. The van der Waals surface area contributed by atoms with Gasteiger partial charge in [-0.1, -0.05) is 12.2 Å². The van der Waals surface area contributed by atoms with Gasteiger partial charge in [-0.05, 0) is 40.5 Å². The zero-order valence-electron chi connectivity index (χ0n) is 11.7. The lowest BCUT2D eigenvalue weighted by atomic mass is 10.1. The van der Waals surface area contributed by atoms with Gasteiger partial charge in [0.25, 0.3) is 0 Å². The maximum absolute atomic E-state index is 5.93. The maximum Gasteiger partial charge on any atom is 0.0814 e. The predicted octanol–water partition coefficient (Wildman–Crippen LogP) is 2.51. The normalized spacial score (nSPS) is 25.9. The Kier molecular flexibility index (Phi) is 6.17. The summed E-state index contributed by atoms with van der Waals surface area (Å²) in [5.74, 6) is 0. The first kappa shape index (κ1) is 14.7. The molecule has 3 nitrogen and oxygen atoms in total. The summed E-state index contributed by atoms with van der Waals surface area (Å²) in [5, 5.41) is 3.48. The van der Waals surface area contributed by atoms with E-state index in [0.29, 0.717) is 12.7 Å². The molecule has 1 fully saturated rings. The lowest BCUT2D eigenvalue weighted by Crippen LogP contribution is -2.41. The summed E-state index contributed by atoms with van der Waals surface area (Å²) in [6.07, 6.45) is 6.92. The Morgan fingerprint density at radius 1 is 1.29 bits per heavy atom. The molecule has 2 unspecified atom stereocenters. The quantitative estimate of drug-likeness (QED) is 0.572. The van der Waals surface area contributed by atoms with E-state index in [1.165, 1.54) is 0 Å². The summed E-state index contributed by atoms with van der Waals surface area (Å²) in [4.78, 5) is 0. The molecule has 0 aromatic rings. The van der Waals surface area contributed by atoms with Crippen LogP contribution in [0.25, 0.3) is 0 Å². The zero-order chi connectivity index (χ0) is 12.7. The molecule has 1 saturated heterocycles. The number of nitrogens with one attached hydrogen (secondary N) is 1. The number of rotatable bonds is 6.